The van der Waals surface area contributed by atoms with Crippen molar-refractivity contribution >= 4 is 27.2 Å². The second kappa shape index (κ2) is 5.02. The Morgan fingerprint density at radius 1 is 1.33 bits per heavy atom. The Bertz CT molecular complexity index is 811. The Morgan fingerprint density at radius 2 is 2.10 bits per heavy atom. The number of nitro groups is 1. The monoisotopic (exact) mass is 302 g/mol. The van der Waals surface area contributed by atoms with Crippen molar-refractivity contribution in [2.45, 2.75) is 0 Å². The van der Waals surface area contributed by atoms with E-state index in [1.54, 1.807) is 0 Å². The van der Waals surface area contributed by atoms with Crippen molar-refractivity contribution in [1.29, 1.82) is 0 Å². The molecule has 1 heterocycles. The Labute approximate surface area is 123 Å². The molecular formula is C14H10N2O4S. The molecule has 6 nitrogen and oxygen atoms in total. The highest BCUT2D eigenvalue weighted by molar-refractivity contribution is 7.21. The fourth-order valence-electron chi connectivity index (χ4n) is 2.00. The van der Waals surface area contributed by atoms with E-state index in [2.05, 4.69) is 4.98 Å². The summed E-state index contributed by atoms with van der Waals surface area (Å²) in [5.74, 6) is -0.0967. The summed E-state index contributed by atoms with van der Waals surface area (Å²) in [6.07, 6.45) is 0. The number of phenolic OH excluding ortho intramolecular Hbond substituents is 1. The number of methoxy groups -OCH3 is 1. The topological polar surface area (TPSA) is 85.5 Å². The summed E-state index contributed by atoms with van der Waals surface area (Å²) in [5, 5.41) is 21.7. The second-order valence-corrected chi connectivity index (χ2v) is 5.32. The van der Waals surface area contributed by atoms with Crippen LogP contribution >= 0.6 is 11.3 Å². The van der Waals surface area contributed by atoms with Gasteiger partial charge in [0.15, 0.2) is 11.5 Å². The molecule has 0 atom stereocenters. The second-order valence-electron chi connectivity index (χ2n) is 4.29. The van der Waals surface area contributed by atoms with Gasteiger partial charge in [0.1, 0.15) is 5.01 Å². The van der Waals surface area contributed by atoms with E-state index in [-0.39, 0.29) is 17.2 Å². The number of para-hydroxylation sites is 1. The molecule has 0 aliphatic heterocycles. The molecule has 0 fully saturated rings. The number of aromatic nitrogens is 1. The van der Waals surface area contributed by atoms with Crippen LogP contribution in [0.5, 0.6) is 11.5 Å². The zero-order valence-corrected chi connectivity index (χ0v) is 11.8. The normalized spacial score (nSPS) is 10.7. The lowest BCUT2D eigenvalue weighted by atomic mass is 10.1. The van der Waals surface area contributed by atoms with Crippen LogP contribution in [0.25, 0.3) is 20.8 Å². The standard InChI is InChI=1S/C14H10N2O4S/c1-20-11-7-8(16(18)19)6-9(13(11)17)14-15-10-4-2-3-5-12(10)21-14/h2-7,17H,1H3. The number of thiazole rings is 1. The average molecular weight is 302 g/mol. The molecule has 106 valence electrons. The molecule has 21 heavy (non-hydrogen) atoms. The van der Waals surface area contributed by atoms with Gasteiger partial charge in [-0.1, -0.05) is 12.1 Å². The van der Waals surface area contributed by atoms with Crippen LogP contribution in [-0.4, -0.2) is 22.1 Å². The molecule has 2 aromatic carbocycles. The van der Waals surface area contributed by atoms with Crippen molar-refractivity contribution in [3.05, 3.63) is 46.5 Å². The summed E-state index contributed by atoms with van der Waals surface area (Å²) in [6.45, 7) is 0. The number of nitro benzene ring substituents is 1. The summed E-state index contributed by atoms with van der Waals surface area (Å²) in [7, 11) is 1.35. The lowest BCUT2D eigenvalue weighted by Gasteiger charge is -2.06. The number of phenols is 1. The van der Waals surface area contributed by atoms with E-state index in [0.29, 0.717) is 10.6 Å². The van der Waals surface area contributed by atoms with E-state index in [1.165, 1.54) is 30.6 Å². The van der Waals surface area contributed by atoms with Gasteiger partial charge < -0.3 is 9.84 Å². The molecule has 7 heteroatoms. The van der Waals surface area contributed by atoms with Gasteiger partial charge in [-0.3, -0.25) is 10.1 Å². The minimum Gasteiger partial charge on any atom is -0.504 e. The molecule has 0 saturated carbocycles. The molecule has 0 bridgehead atoms. The third-order valence-corrected chi connectivity index (χ3v) is 4.08. The molecule has 3 rings (SSSR count). The Hall–Kier alpha value is -2.67. The molecule has 0 spiro atoms. The smallest absolute Gasteiger partial charge is 0.274 e. The highest BCUT2D eigenvalue weighted by Gasteiger charge is 2.20. The van der Waals surface area contributed by atoms with Crippen LogP contribution in [0.2, 0.25) is 0 Å². The van der Waals surface area contributed by atoms with Gasteiger partial charge in [0, 0.05) is 6.07 Å². The average Bonchev–Trinajstić information content (AvgIpc) is 2.90. The lowest BCUT2D eigenvalue weighted by molar-refractivity contribution is -0.384. The van der Waals surface area contributed by atoms with Crippen LogP contribution in [0.3, 0.4) is 0 Å². The molecule has 0 unspecified atom stereocenters. The Kier molecular flexibility index (Phi) is 3.19. The van der Waals surface area contributed by atoms with Crippen LogP contribution in [0.15, 0.2) is 36.4 Å². The molecular weight excluding hydrogens is 292 g/mol. The van der Waals surface area contributed by atoms with E-state index in [4.69, 9.17) is 4.74 Å². The first-order valence-electron chi connectivity index (χ1n) is 6.01. The van der Waals surface area contributed by atoms with E-state index in [1.807, 2.05) is 24.3 Å². The van der Waals surface area contributed by atoms with Crippen molar-refractivity contribution in [3.63, 3.8) is 0 Å². The van der Waals surface area contributed by atoms with Gasteiger partial charge in [0.25, 0.3) is 5.69 Å². The van der Waals surface area contributed by atoms with Crippen LogP contribution in [0, 0.1) is 10.1 Å². The van der Waals surface area contributed by atoms with E-state index in [0.717, 1.165) is 10.2 Å². The first-order chi connectivity index (χ1) is 10.1. The maximum Gasteiger partial charge on any atom is 0.274 e. The summed E-state index contributed by atoms with van der Waals surface area (Å²) in [4.78, 5) is 14.9. The molecule has 0 radical (unpaired) electrons. The van der Waals surface area contributed by atoms with Gasteiger partial charge in [-0.25, -0.2) is 4.98 Å². The van der Waals surface area contributed by atoms with Gasteiger partial charge in [0.2, 0.25) is 0 Å². The quantitative estimate of drug-likeness (QED) is 0.590. The molecule has 0 aliphatic carbocycles. The molecule has 0 aliphatic rings. The third kappa shape index (κ3) is 2.27. The Morgan fingerprint density at radius 3 is 2.76 bits per heavy atom. The number of rotatable bonds is 3. The fraction of sp³-hybridized carbons (Fsp3) is 0.0714. The van der Waals surface area contributed by atoms with Gasteiger partial charge in [-0.05, 0) is 12.1 Å². The van der Waals surface area contributed by atoms with Crippen LogP contribution in [0.4, 0.5) is 5.69 Å². The minimum atomic E-state index is -0.529. The number of ether oxygens (including phenoxy) is 1. The van der Waals surface area contributed by atoms with Crippen LogP contribution < -0.4 is 4.74 Å². The van der Waals surface area contributed by atoms with E-state index < -0.39 is 4.92 Å². The minimum absolute atomic E-state index is 0.0541. The first-order valence-corrected chi connectivity index (χ1v) is 6.83. The number of nitrogens with zero attached hydrogens (tertiary/aromatic N) is 2. The van der Waals surface area contributed by atoms with Gasteiger partial charge >= 0.3 is 0 Å². The zero-order valence-electron chi connectivity index (χ0n) is 10.9. The largest absolute Gasteiger partial charge is 0.504 e. The van der Waals surface area contributed by atoms with Crippen molar-refractivity contribution in [3.8, 4) is 22.1 Å². The maximum atomic E-state index is 11.0. The zero-order chi connectivity index (χ0) is 15.0. The van der Waals surface area contributed by atoms with Gasteiger partial charge in [-0.2, -0.15) is 0 Å². The van der Waals surface area contributed by atoms with Crippen molar-refractivity contribution in [1.82, 2.24) is 4.98 Å². The number of hydrogen-bond acceptors (Lipinski definition) is 6. The summed E-state index contributed by atoms with van der Waals surface area (Å²) in [5.41, 5.74) is 0.920. The summed E-state index contributed by atoms with van der Waals surface area (Å²) < 4.78 is 5.94. The van der Waals surface area contributed by atoms with Crippen molar-refractivity contribution in [2.24, 2.45) is 0 Å². The maximum absolute atomic E-state index is 11.0. The SMILES string of the molecule is COc1cc([N+](=O)[O-])cc(-c2nc3ccccc3s2)c1O. The number of fused-ring (bicyclic) bond motifs is 1. The number of hydrogen-bond donors (Lipinski definition) is 1. The fourth-order valence-corrected chi connectivity index (χ4v) is 2.99. The number of aromatic hydroxyl groups is 1. The molecule has 1 N–H and O–H groups in total. The summed E-state index contributed by atoms with van der Waals surface area (Å²) >= 11 is 1.35. The van der Waals surface area contributed by atoms with E-state index >= 15 is 0 Å². The first kappa shape index (κ1) is 13.3. The molecule has 0 saturated heterocycles. The number of non-ortho nitro benzene ring substituents is 1. The lowest BCUT2D eigenvalue weighted by Crippen LogP contribution is -1.92. The highest BCUT2D eigenvalue weighted by atomic mass is 32.1. The number of benzene rings is 2. The Balaban J connectivity index is 2.24. The van der Waals surface area contributed by atoms with E-state index in [9.17, 15) is 15.2 Å². The molecule has 3 aromatic rings. The van der Waals surface area contributed by atoms with Crippen LogP contribution in [-0.2, 0) is 0 Å². The highest BCUT2D eigenvalue weighted by Crippen LogP contribution is 2.42. The molecule has 0 amide bonds. The molecule has 1 aromatic heterocycles. The summed E-state index contributed by atoms with van der Waals surface area (Å²) in [6, 6.07) is 9.99. The van der Waals surface area contributed by atoms with Crippen molar-refractivity contribution in [2.75, 3.05) is 7.11 Å². The van der Waals surface area contributed by atoms with Crippen molar-refractivity contribution < 1.29 is 14.8 Å². The van der Waals surface area contributed by atoms with Gasteiger partial charge in [-0.15, -0.1) is 11.3 Å². The van der Waals surface area contributed by atoms with Gasteiger partial charge in [0.05, 0.1) is 33.9 Å². The predicted octanol–water partition coefficient (Wildman–Crippen LogP) is 3.59. The third-order valence-electron chi connectivity index (χ3n) is 3.01. The predicted molar refractivity (Wildman–Crippen MR) is 79.9 cm³/mol. The van der Waals surface area contributed by atoms with Crippen LogP contribution in [0.1, 0.15) is 0 Å².